The minimum Gasteiger partial charge on any atom is -0.234 e. The zero-order chi connectivity index (χ0) is 8.55. The molecule has 66 valence electrons. The van der Waals surface area contributed by atoms with Crippen LogP contribution in [0.15, 0.2) is 3.92 Å². The van der Waals surface area contributed by atoms with E-state index in [0.717, 1.165) is 9.83 Å². The highest BCUT2D eigenvalue weighted by atomic mass is 79.9. The molecule has 0 unspecified atom stereocenters. The Morgan fingerprint density at radius 2 is 2.33 bits per heavy atom. The summed E-state index contributed by atoms with van der Waals surface area (Å²) < 4.78 is 1.04. The molecular weight excluding hydrogens is 234 g/mol. The van der Waals surface area contributed by atoms with Crippen LogP contribution in [0.1, 0.15) is 29.8 Å². The van der Waals surface area contributed by atoms with Gasteiger partial charge < -0.3 is 0 Å². The number of hydrogen-bond acceptors (Lipinski definition) is 2. The normalized spacial score (nSPS) is 17.8. The van der Waals surface area contributed by atoms with E-state index in [-0.39, 0.29) is 0 Å². The fraction of sp³-hybridized carbons (Fsp3) is 0.667. The van der Waals surface area contributed by atoms with Crippen LogP contribution in [0.5, 0.6) is 0 Å². The third-order valence-electron chi connectivity index (χ3n) is 2.57. The largest absolute Gasteiger partial charge is 0.234 e. The second-order valence-corrected chi connectivity index (χ2v) is 5.95. The molecule has 1 aromatic rings. The summed E-state index contributed by atoms with van der Waals surface area (Å²) in [5, 5.41) is 0. The van der Waals surface area contributed by atoms with Gasteiger partial charge in [0.2, 0.25) is 0 Å². The quantitative estimate of drug-likeness (QED) is 0.777. The molecule has 0 saturated heterocycles. The van der Waals surface area contributed by atoms with Crippen molar-refractivity contribution in [3.8, 4) is 0 Å². The lowest BCUT2D eigenvalue weighted by Gasteiger charge is -2.24. The molecule has 12 heavy (non-hydrogen) atoms. The first-order chi connectivity index (χ1) is 5.75. The highest BCUT2D eigenvalue weighted by Gasteiger charge is 2.20. The van der Waals surface area contributed by atoms with Crippen molar-refractivity contribution in [1.82, 2.24) is 4.98 Å². The highest BCUT2D eigenvalue weighted by Crippen LogP contribution is 2.32. The van der Waals surface area contributed by atoms with E-state index < -0.39 is 0 Å². The minimum atomic E-state index is 0.928. The van der Waals surface area contributed by atoms with Crippen LogP contribution in [0, 0.1) is 12.8 Å². The van der Waals surface area contributed by atoms with Gasteiger partial charge >= 0.3 is 0 Å². The van der Waals surface area contributed by atoms with Gasteiger partial charge in [-0.15, -0.1) is 11.3 Å². The maximum atomic E-state index is 4.47. The summed E-state index contributed by atoms with van der Waals surface area (Å²) in [6, 6.07) is 0. The lowest BCUT2D eigenvalue weighted by atomic mass is 9.82. The lowest BCUT2D eigenvalue weighted by Crippen LogP contribution is -2.14. The Hall–Kier alpha value is 0.110. The van der Waals surface area contributed by atoms with Crippen LogP contribution in [0.2, 0.25) is 0 Å². The molecule has 1 aliphatic carbocycles. The van der Waals surface area contributed by atoms with Crippen LogP contribution in [0.25, 0.3) is 0 Å². The SMILES string of the molecule is Cc1sc(Br)nc1CC1CCC1. The van der Waals surface area contributed by atoms with Crippen molar-refractivity contribution in [2.24, 2.45) is 5.92 Å². The molecule has 0 atom stereocenters. The van der Waals surface area contributed by atoms with Crippen molar-refractivity contribution in [2.75, 3.05) is 0 Å². The van der Waals surface area contributed by atoms with E-state index in [0.29, 0.717) is 0 Å². The molecule has 1 fully saturated rings. The summed E-state index contributed by atoms with van der Waals surface area (Å²) in [5.74, 6) is 0.928. The fourth-order valence-corrected chi connectivity index (χ4v) is 3.15. The van der Waals surface area contributed by atoms with Gasteiger partial charge in [0.25, 0.3) is 0 Å². The molecule has 0 aromatic carbocycles. The van der Waals surface area contributed by atoms with Gasteiger partial charge in [-0.25, -0.2) is 4.98 Å². The van der Waals surface area contributed by atoms with Crippen molar-refractivity contribution in [1.29, 1.82) is 0 Å². The Balaban J connectivity index is 2.05. The monoisotopic (exact) mass is 245 g/mol. The average molecular weight is 246 g/mol. The molecule has 0 bridgehead atoms. The van der Waals surface area contributed by atoms with Gasteiger partial charge in [-0.2, -0.15) is 0 Å². The molecule has 0 spiro atoms. The number of rotatable bonds is 2. The summed E-state index contributed by atoms with van der Waals surface area (Å²) >= 11 is 5.17. The summed E-state index contributed by atoms with van der Waals surface area (Å²) in [4.78, 5) is 5.85. The molecule has 0 radical (unpaired) electrons. The third kappa shape index (κ3) is 1.72. The number of thiazole rings is 1. The van der Waals surface area contributed by atoms with Gasteiger partial charge in [0.1, 0.15) is 0 Å². The second-order valence-electron chi connectivity index (χ2n) is 3.47. The van der Waals surface area contributed by atoms with Gasteiger partial charge in [-0.1, -0.05) is 19.3 Å². The first-order valence-corrected chi connectivity index (χ1v) is 5.98. The summed E-state index contributed by atoms with van der Waals surface area (Å²) in [5.41, 5.74) is 1.32. The Bertz CT molecular complexity index is 278. The maximum absolute atomic E-state index is 4.47. The number of aromatic nitrogens is 1. The molecule has 0 aliphatic heterocycles. The topological polar surface area (TPSA) is 12.9 Å². The summed E-state index contributed by atoms with van der Waals surface area (Å²) in [6.45, 7) is 2.16. The van der Waals surface area contributed by atoms with E-state index in [1.165, 1.54) is 36.3 Å². The van der Waals surface area contributed by atoms with Crippen LogP contribution >= 0.6 is 27.3 Å². The Morgan fingerprint density at radius 1 is 1.58 bits per heavy atom. The summed E-state index contributed by atoms with van der Waals surface area (Å²) in [6.07, 6.45) is 5.45. The molecular formula is C9H12BrNS. The van der Waals surface area contributed by atoms with E-state index in [4.69, 9.17) is 0 Å². The minimum absolute atomic E-state index is 0.928. The van der Waals surface area contributed by atoms with Gasteiger partial charge in [-0.3, -0.25) is 0 Å². The van der Waals surface area contributed by atoms with E-state index in [1.54, 1.807) is 11.3 Å². The van der Waals surface area contributed by atoms with E-state index in [9.17, 15) is 0 Å². The molecule has 1 nitrogen and oxygen atoms in total. The smallest absolute Gasteiger partial charge is 0.159 e. The van der Waals surface area contributed by atoms with E-state index >= 15 is 0 Å². The zero-order valence-corrected chi connectivity index (χ0v) is 9.54. The van der Waals surface area contributed by atoms with Crippen LogP contribution in [-0.4, -0.2) is 4.98 Å². The molecule has 2 rings (SSSR count). The molecule has 1 saturated carbocycles. The van der Waals surface area contributed by atoms with Gasteiger partial charge in [-0.05, 0) is 35.2 Å². The predicted molar refractivity (Wildman–Crippen MR) is 55.6 cm³/mol. The highest BCUT2D eigenvalue weighted by molar-refractivity contribution is 9.11. The second kappa shape index (κ2) is 3.46. The fourth-order valence-electron chi connectivity index (χ4n) is 1.55. The van der Waals surface area contributed by atoms with Crippen LogP contribution in [-0.2, 0) is 6.42 Å². The van der Waals surface area contributed by atoms with Gasteiger partial charge in [0, 0.05) is 4.88 Å². The van der Waals surface area contributed by atoms with Gasteiger partial charge in [0.15, 0.2) is 3.92 Å². The molecule has 0 N–H and O–H groups in total. The Labute approximate surface area is 85.3 Å². The van der Waals surface area contributed by atoms with Crippen molar-refractivity contribution in [3.05, 3.63) is 14.5 Å². The Morgan fingerprint density at radius 3 is 2.75 bits per heavy atom. The number of halogens is 1. The molecule has 3 heteroatoms. The van der Waals surface area contributed by atoms with Gasteiger partial charge in [0.05, 0.1) is 5.69 Å². The van der Waals surface area contributed by atoms with Crippen LogP contribution in [0.3, 0.4) is 0 Å². The Kier molecular flexibility index (Phi) is 2.51. The zero-order valence-electron chi connectivity index (χ0n) is 7.14. The van der Waals surface area contributed by atoms with Crippen molar-refractivity contribution < 1.29 is 0 Å². The average Bonchev–Trinajstić information content (AvgIpc) is 2.21. The molecule has 1 aromatic heterocycles. The standard InChI is InChI=1S/C9H12BrNS/c1-6-8(11-9(10)12-6)5-7-3-2-4-7/h7H,2-5H2,1H3. The molecule has 0 amide bonds. The first-order valence-electron chi connectivity index (χ1n) is 4.37. The van der Waals surface area contributed by atoms with Crippen LogP contribution < -0.4 is 0 Å². The van der Waals surface area contributed by atoms with Crippen LogP contribution in [0.4, 0.5) is 0 Å². The van der Waals surface area contributed by atoms with E-state index in [1.807, 2.05) is 0 Å². The van der Waals surface area contributed by atoms with E-state index in [2.05, 4.69) is 27.8 Å². The first kappa shape index (κ1) is 8.70. The third-order valence-corrected chi connectivity index (χ3v) is 4.04. The predicted octanol–water partition coefficient (Wildman–Crippen LogP) is 3.56. The maximum Gasteiger partial charge on any atom is 0.159 e. The lowest BCUT2D eigenvalue weighted by molar-refractivity contribution is 0.312. The molecule has 1 heterocycles. The van der Waals surface area contributed by atoms with Crippen molar-refractivity contribution in [2.45, 2.75) is 32.6 Å². The van der Waals surface area contributed by atoms with Crippen molar-refractivity contribution in [3.63, 3.8) is 0 Å². The molecule has 1 aliphatic rings. The number of aryl methyl sites for hydroxylation is 1. The number of nitrogens with zero attached hydrogens (tertiary/aromatic N) is 1. The van der Waals surface area contributed by atoms with Crippen molar-refractivity contribution >= 4 is 27.3 Å². The number of hydrogen-bond donors (Lipinski definition) is 0. The summed E-state index contributed by atoms with van der Waals surface area (Å²) in [7, 11) is 0.